The van der Waals surface area contributed by atoms with E-state index in [1.165, 1.54) is 0 Å². The first-order valence-corrected chi connectivity index (χ1v) is 12.7. The number of fused-ring (bicyclic) bond motifs is 1. The van der Waals surface area contributed by atoms with E-state index in [1.54, 1.807) is 4.90 Å². The number of nitrogens with zero attached hydrogens (tertiary/aromatic N) is 1. The van der Waals surface area contributed by atoms with Crippen LogP contribution >= 0.6 is 0 Å². The molecule has 0 aromatic rings. The molecule has 0 aromatic carbocycles. The van der Waals surface area contributed by atoms with Crippen molar-refractivity contribution in [3.8, 4) is 0 Å². The maximum Gasteiger partial charge on any atom is 0.248 e. The van der Waals surface area contributed by atoms with Crippen molar-refractivity contribution in [3.05, 3.63) is 0 Å². The molecular weight excluding hydrogens is 450 g/mol. The number of aliphatic hydroxyl groups excluding tert-OH is 1. The van der Waals surface area contributed by atoms with Gasteiger partial charge in [0, 0.05) is 12.0 Å². The predicted molar refractivity (Wildman–Crippen MR) is 130 cm³/mol. The zero-order valence-corrected chi connectivity index (χ0v) is 21.9. The Morgan fingerprint density at radius 3 is 2.17 bits per heavy atom. The first-order chi connectivity index (χ1) is 16.1. The molecule has 3 rings (SSSR count). The van der Waals surface area contributed by atoms with Crippen LogP contribution in [0, 0.1) is 21.7 Å². The Morgan fingerprint density at radius 2 is 1.74 bits per heavy atom. The van der Waals surface area contributed by atoms with Crippen molar-refractivity contribution < 1.29 is 24.3 Å². The van der Waals surface area contributed by atoms with Crippen LogP contribution in [0.15, 0.2) is 0 Å². The van der Waals surface area contributed by atoms with E-state index in [0.717, 1.165) is 19.3 Å². The smallest absolute Gasteiger partial charge is 0.248 e. The molecule has 7 N–H and O–H groups in total. The van der Waals surface area contributed by atoms with Crippen molar-refractivity contribution in [1.82, 2.24) is 15.5 Å². The molecule has 0 aromatic heterocycles. The zero-order chi connectivity index (χ0) is 26.6. The molecule has 1 saturated heterocycles. The number of hydrogen-bond acceptors (Lipinski definition) is 6. The second-order valence-electron chi connectivity index (χ2n) is 12.3. The molecular formula is C25H43N5O5. The highest BCUT2D eigenvalue weighted by molar-refractivity contribution is 5.94. The summed E-state index contributed by atoms with van der Waals surface area (Å²) in [7, 11) is 0. The Morgan fingerprint density at radius 1 is 1.14 bits per heavy atom. The molecule has 1 aliphatic heterocycles. The maximum atomic E-state index is 13.8. The lowest BCUT2D eigenvalue weighted by atomic mass is 9.73. The van der Waals surface area contributed by atoms with Gasteiger partial charge in [-0.1, -0.05) is 48.0 Å². The number of carbonyl (C=O) groups is 4. The van der Waals surface area contributed by atoms with Gasteiger partial charge in [0.15, 0.2) is 0 Å². The lowest BCUT2D eigenvalue weighted by Crippen LogP contribution is -2.57. The molecule has 2 saturated carbocycles. The Hall–Kier alpha value is -2.20. The van der Waals surface area contributed by atoms with Gasteiger partial charge in [0.05, 0.1) is 12.6 Å². The minimum Gasteiger partial charge on any atom is -0.381 e. The van der Waals surface area contributed by atoms with Gasteiger partial charge in [-0.05, 0) is 41.9 Å². The number of nitrogens with one attached hydrogen (secondary N) is 2. The molecule has 4 amide bonds. The van der Waals surface area contributed by atoms with Gasteiger partial charge in [-0.2, -0.15) is 0 Å². The van der Waals surface area contributed by atoms with E-state index in [0.29, 0.717) is 19.4 Å². The Balaban J connectivity index is 1.83. The van der Waals surface area contributed by atoms with E-state index in [4.69, 9.17) is 11.5 Å². The van der Waals surface area contributed by atoms with Crippen molar-refractivity contribution >= 4 is 23.6 Å². The molecule has 5 atom stereocenters. The number of rotatable bonds is 8. The summed E-state index contributed by atoms with van der Waals surface area (Å²) in [5.41, 5.74) is 10.7. The predicted octanol–water partition coefficient (Wildman–Crippen LogP) is 0.0144. The Bertz CT molecular complexity index is 893. The largest absolute Gasteiger partial charge is 0.381 e. The fraction of sp³-hybridized carbons (Fsp3) is 0.840. The van der Waals surface area contributed by atoms with Gasteiger partial charge in [0.1, 0.15) is 18.2 Å². The lowest BCUT2D eigenvalue weighted by molar-refractivity contribution is -0.142. The molecule has 35 heavy (non-hydrogen) atoms. The third-order valence-corrected chi connectivity index (χ3v) is 9.43. The number of primary amides is 1. The second-order valence-corrected chi connectivity index (χ2v) is 12.3. The fourth-order valence-electron chi connectivity index (χ4n) is 6.67. The number of likely N-dealkylation sites (tertiary alicyclic amines) is 1. The van der Waals surface area contributed by atoms with Crippen LogP contribution in [-0.4, -0.2) is 71.0 Å². The fourth-order valence-corrected chi connectivity index (χ4v) is 6.67. The molecule has 3 fully saturated rings. The van der Waals surface area contributed by atoms with Crippen LogP contribution in [0.25, 0.3) is 0 Å². The normalized spacial score (nSPS) is 28.7. The molecule has 1 unspecified atom stereocenters. The highest BCUT2D eigenvalue weighted by Gasteiger charge is 2.85. The molecule has 2 aliphatic carbocycles. The number of nitrogens with two attached hydrogens (primary N) is 2. The van der Waals surface area contributed by atoms with E-state index in [2.05, 4.69) is 24.5 Å². The summed E-state index contributed by atoms with van der Waals surface area (Å²) in [4.78, 5) is 52.6. The standard InChI is InChI=1S/C25H43N5O5/c1-7-14(29-20(34)17(26)22(2,3)4)21(35)30-13-25(23(5,6)24(25)9-8-10-24)11-15(30)19(33)28-12-16(31)18(27)32/h14-17,31H,7-13,26H2,1-6H3,(H2,27,32)(H,28,33)(H,29,34)/t14-,15-,16?,17+,25+/m0/s1. The number of aliphatic hydroxyl groups is 1. The van der Waals surface area contributed by atoms with Crippen LogP contribution < -0.4 is 22.1 Å². The van der Waals surface area contributed by atoms with E-state index in [9.17, 15) is 24.3 Å². The van der Waals surface area contributed by atoms with Crippen LogP contribution in [0.2, 0.25) is 0 Å². The van der Waals surface area contributed by atoms with Crippen LogP contribution in [0.1, 0.15) is 73.6 Å². The number of hydrogen-bond donors (Lipinski definition) is 5. The second kappa shape index (κ2) is 9.03. The van der Waals surface area contributed by atoms with Gasteiger partial charge in [0.2, 0.25) is 23.6 Å². The topological polar surface area (TPSA) is 168 Å². The number of amides is 4. The summed E-state index contributed by atoms with van der Waals surface area (Å²) in [6.07, 6.45) is 2.65. The third kappa shape index (κ3) is 4.22. The summed E-state index contributed by atoms with van der Waals surface area (Å²) >= 11 is 0. The van der Waals surface area contributed by atoms with E-state index >= 15 is 0 Å². The Labute approximate surface area is 207 Å². The van der Waals surface area contributed by atoms with Gasteiger partial charge in [-0.15, -0.1) is 0 Å². The average Bonchev–Trinajstić information content (AvgIpc) is 2.99. The monoisotopic (exact) mass is 493 g/mol. The van der Waals surface area contributed by atoms with Gasteiger partial charge in [-0.25, -0.2) is 0 Å². The van der Waals surface area contributed by atoms with Crippen molar-refractivity contribution in [2.45, 2.75) is 97.9 Å². The summed E-state index contributed by atoms with van der Waals surface area (Å²) in [5.74, 6) is -2.08. The summed E-state index contributed by atoms with van der Waals surface area (Å²) in [6.45, 7) is 11.9. The van der Waals surface area contributed by atoms with Crippen molar-refractivity contribution in [1.29, 1.82) is 0 Å². The molecule has 10 nitrogen and oxygen atoms in total. The van der Waals surface area contributed by atoms with E-state index in [1.807, 2.05) is 27.7 Å². The first-order valence-electron chi connectivity index (χ1n) is 12.7. The van der Waals surface area contributed by atoms with Crippen molar-refractivity contribution in [2.75, 3.05) is 13.1 Å². The van der Waals surface area contributed by atoms with E-state index < -0.39 is 47.4 Å². The highest BCUT2D eigenvalue weighted by atomic mass is 16.3. The SMILES string of the molecule is CC[C@H](NC(=O)[C@@H](N)C(C)(C)C)C(=O)N1C[C@]2(C[C@H]1C(=O)NCC(O)C(N)=O)C(C)(C)C21CCC1. The molecule has 198 valence electrons. The Kier molecular flexibility index (Phi) is 7.07. The lowest BCUT2D eigenvalue weighted by Gasteiger charge is -2.32. The third-order valence-electron chi connectivity index (χ3n) is 9.43. The van der Waals surface area contributed by atoms with Gasteiger partial charge < -0.3 is 32.1 Å². The molecule has 10 heteroatoms. The molecule has 1 heterocycles. The molecule has 3 aliphatic rings. The van der Waals surface area contributed by atoms with E-state index in [-0.39, 0.29) is 28.7 Å². The van der Waals surface area contributed by atoms with Gasteiger partial charge in [-0.3, -0.25) is 19.2 Å². The summed E-state index contributed by atoms with van der Waals surface area (Å²) in [6, 6.07) is -2.36. The maximum absolute atomic E-state index is 13.8. The minimum absolute atomic E-state index is 0.0158. The zero-order valence-electron chi connectivity index (χ0n) is 21.9. The molecule has 0 bridgehead atoms. The van der Waals surface area contributed by atoms with Crippen LogP contribution in [0.5, 0.6) is 0 Å². The minimum atomic E-state index is -1.50. The number of carbonyl (C=O) groups excluding carboxylic acids is 4. The van der Waals surface area contributed by atoms with Gasteiger partial charge >= 0.3 is 0 Å². The van der Waals surface area contributed by atoms with Crippen molar-refractivity contribution in [2.24, 2.45) is 33.1 Å². The van der Waals surface area contributed by atoms with Crippen LogP contribution in [0.4, 0.5) is 0 Å². The summed E-state index contributed by atoms with van der Waals surface area (Å²) < 4.78 is 0. The van der Waals surface area contributed by atoms with Crippen LogP contribution in [0.3, 0.4) is 0 Å². The van der Waals surface area contributed by atoms with Gasteiger partial charge in [0.25, 0.3) is 0 Å². The quantitative estimate of drug-likeness (QED) is 0.319. The molecule has 2 spiro atoms. The first kappa shape index (κ1) is 27.4. The molecule has 0 radical (unpaired) electrons. The highest BCUT2D eigenvalue weighted by Crippen LogP contribution is 2.88. The van der Waals surface area contributed by atoms with Crippen molar-refractivity contribution in [3.63, 3.8) is 0 Å². The summed E-state index contributed by atoms with van der Waals surface area (Å²) in [5, 5.41) is 15.1. The van der Waals surface area contributed by atoms with Crippen LogP contribution in [-0.2, 0) is 19.2 Å². The average molecular weight is 494 g/mol.